The monoisotopic (exact) mass is 574 g/mol. The molecule has 12 nitrogen and oxygen atoms in total. The predicted molar refractivity (Wildman–Crippen MR) is 150 cm³/mol. The SMILES string of the molecule is N#CC1CCC(CNc2ccc(S(=O)(=O)NC(=O)c3ccccc3Oc3cnc4[nH]ccc4c3)cc2[N+](=O)[O-])CC1. The van der Waals surface area contributed by atoms with E-state index in [-0.39, 0.29) is 28.8 Å². The molecule has 1 aliphatic carbocycles. The lowest BCUT2D eigenvalue weighted by atomic mass is 9.83. The molecule has 1 fully saturated rings. The molecular weight excluding hydrogens is 548 g/mol. The number of nitro benzene ring substituents is 1. The van der Waals surface area contributed by atoms with E-state index in [9.17, 15) is 23.3 Å². The summed E-state index contributed by atoms with van der Waals surface area (Å²) < 4.78 is 34.0. The van der Waals surface area contributed by atoms with Crippen molar-refractivity contribution in [3.8, 4) is 17.6 Å². The van der Waals surface area contributed by atoms with Gasteiger partial charge in [-0.2, -0.15) is 5.26 Å². The van der Waals surface area contributed by atoms with Crippen molar-refractivity contribution >= 4 is 38.3 Å². The zero-order valence-electron chi connectivity index (χ0n) is 21.7. The van der Waals surface area contributed by atoms with Gasteiger partial charge in [-0.15, -0.1) is 0 Å². The number of carbonyl (C=O) groups is 1. The minimum absolute atomic E-state index is 0.0461. The van der Waals surface area contributed by atoms with Crippen LogP contribution < -0.4 is 14.8 Å². The van der Waals surface area contributed by atoms with Gasteiger partial charge in [-0.3, -0.25) is 14.9 Å². The molecule has 210 valence electrons. The zero-order chi connectivity index (χ0) is 29.0. The Morgan fingerprint density at radius 3 is 2.68 bits per heavy atom. The van der Waals surface area contributed by atoms with E-state index in [1.165, 1.54) is 30.5 Å². The fraction of sp³-hybridized carbons (Fsp3) is 0.250. The average Bonchev–Trinajstić information content (AvgIpc) is 3.44. The van der Waals surface area contributed by atoms with Gasteiger partial charge in [0, 0.05) is 30.1 Å². The molecule has 1 aliphatic rings. The molecule has 1 saturated carbocycles. The Kier molecular flexibility index (Phi) is 7.84. The second kappa shape index (κ2) is 11.6. The predicted octanol–water partition coefficient (Wildman–Crippen LogP) is 5.12. The van der Waals surface area contributed by atoms with Gasteiger partial charge in [-0.05, 0) is 68.0 Å². The second-order valence-corrected chi connectivity index (χ2v) is 11.5. The highest BCUT2D eigenvalue weighted by Crippen LogP contribution is 2.32. The topological polar surface area (TPSA) is 180 Å². The third-order valence-electron chi connectivity index (χ3n) is 7.05. The first kappa shape index (κ1) is 27.6. The highest BCUT2D eigenvalue weighted by molar-refractivity contribution is 7.90. The van der Waals surface area contributed by atoms with Crippen molar-refractivity contribution in [2.45, 2.75) is 30.6 Å². The molecule has 4 aromatic rings. The van der Waals surface area contributed by atoms with Crippen LogP contribution in [0.2, 0.25) is 0 Å². The van der Waals surface area contributed by atoms with E-state index >= 15 is 0 Å². The first-order valence-corrected chi connectivity index (χ1v) is 14.4. The number of para-hydroxylation sites is 1. The van der Waals surface area contributed by atoms with Crippen LogP contribution >= 0.6 is 0 Å². The van der Waals surface area contributed by atoms with Crippen LogP contribution in [0.25, 0.3) is 11.0 Å². The largest absolute Gasteiger partial charge is 0.455 e. The van der Waals surface area contributed by atoms with Crippen LogP contribution in [0.1, 0.15) is 36.0 Å². The van der Waals surface area contributed by atoms with Crippen molar-refractivity contribution in [3.63, 3.8) is 0 Å². The standard InChI is InChI=1S/C28H26N6O6S/c29-15-18-5-7-19(8-6-18)16-31-24-10-9-22(14-25(24)34(36)37)41(38,39)33-28(35)23-3-1-2-4-26(23)40-21-13-20-11-12-30-27(20)32-17-21/h1-4,9-14,17-19,31H,5-8,16H2,(H,30,32)(H,33,35). The molecule has 41 heavy (non-hydrogen) atoms. The number of benzene rings is 2. The number of nitriles is 1. The maximum absolute atomic E-state index is 13.1. The number of nitrogens with one attached hydrogen (secondary N) is 3. The number of fused-ring (bicyclic) bond motifs is 1. The van der Waals surface area contributed by atoms with E-state index < -0.39 is 31.4 Å². The molecule has 0 spiro atoms. The van der Waals surface area contributed by atoms with E-state index in [0.717, 1.165) is 37.1 Å². The van der Waals surface area contributed by atoms with Gasteiger partial charge >= 0.3 is 0 Å². The van der Waals surface area contributed by atoms with E-state index in [4.69, 9.17) is 10.00 Å². The molecule has 1 amide bonds. The number of ether oxygens (including phenoxy) is 1. The van der Waals surface area contributed by atoms with Crippen molar-refractivity contribution in [1.82, 2.24) is 14.7 Å². The lowest BCUT2D eigenvalue weighted by Gasteiger charge is -2.25. The number of hydrogen-bond acceptors (Lipinski definition) is 9. The normalized spacial score (nSPS) is 17.0. The van der Waals surface area contributed by atoms with Crippen LogP contribution in [0.15, 0.2) is 71.9 Å². The molecule has 0 bridgehead atoms. The molecule has 0 atom stereocenters. The highest BCUT2D eigenvalue weighted by Gasteiger charge is 2.26. The number of sulfonamides is 1. The molecule has 5 rings (SSSR count). The minimum Gasteiger partial charge on any atom is -0.455 e. The molecule has 2 aromatic carbocycles. The van der Waals surface area contributed by atoms with Crippen LogP contribution in [0.4, 0.5) is 11.4 Å². The smallest absolute Gasteiger partial charge is 0.293 e. The second-order valence-electron chi connectivity index (χ2n) is 9.78. The summed E-state index contributed by atoms with van der Waals surface area (Å²) in [6, 6.07) is 15.4. The van der Waals surface area contributed by atoms with E-state index in [0.29, 0.717) is 17.9 Å². The summed E-state index contributed by atoms with van der Waals surface area (Å²) in [4.78, 5) is 31.0. The summed E-state index contributed by atoms with van der Waals surface area (Å²) in [6.45, 7) is 0.463. The number of nitrogens with zero attached hydrogens (tertiary/aromatic N) is 3. The van der Waals surface area contributed by atoms with Crippen molar-refractivity contribution in [1.29, 1.82) is 5.26 Å². The number of amides is 1. The Bertz CT molecular complexity index is 1760. The number of rotatable bonds is 9. The first-order chi connectivity index (χ1) is 19.7. The fourth-order valence-corrected chi connectivity index (χ4v) is 5.80. The average molecular weight is 575 g/mol. The molecule has 3 N–H and O–H groups in total. The van der Waals surface area contributed by atoms with Crippen LogP contribution in [0.3, 0.4) is 0 Å². The summed E-state index contributed by atoms with van der Waals surface area (Å²) in [5, 5.41) is 24.7. The summed E-state index contributed by atoms with van der Waals surface area (Å²) in [5.41, 5.74) is 0.355. The molecular formula is C28H26N6O6S. The van der Waals surface area contributed by atoms with Crippen LogP contribution in [-0.4, -0.2) is 35.8 Å². The first-order valence-electron chi connectivity index (χ1n) is 12.9. The molecule has 0 radical (unpaired) electrons. The Morgan fingerprint density at radius 1 is 1.15 bits per heavy atom. The third-order valence-corrected chi connectivity index (χ3v) is 8.38. The number of aromatic nitrogens is 2. The molecule has 2 heterocycles. The summed E-state index contributed by atoms with van der Waals surface area (Å²) in [5.74, 6) is -0.216. The van der Waals surface area contributed by atoms with Gasteiger partial charge in [0.1, 0.15) is 22.8 Å². The quantitative estimate of drug-likeness (QED) is 0.180. The summed E-state index contributed by atoms with van der Waals surface area (Å²) in [6.07, 6.45) is 6.43. The van der Waals surface area contributed by atoms with Gasteiger partial charge in [-0.1, -0.05) is 12.1 Å². The third kappa shape index (κ3) is 6.28. The Morgan fingerprint density at radius 2 is 1.93 bits per heavy atom. The van der Waals surface area contributed by atoms with Crippen molar-refractivity contribution in [2.24, 2.45) is 11.8 Å². The van der Waals surface area contributed by atoms with E-state index in [1.54, 1.807) is 30.5 Å². The van der Waals surface area contributed by atoms with Crippen LogP contribution in [0.5, 0.6) is 11.5 Å². The number of pyridine rings is 1. The van der Waals surface area contributed by atoms with Gasteiger partial charge in [0.05, 0.1) is 27.6 Å². The van der Waals surface area contributed by atoms with E-state index in [2.05, 4.69) is 21.4 Å². The van der Waals surface area contributed by atoms with Gasteiger partial charge in [0.15, 0.2) is 0 Å². The number of H-pyrrole nitrogens is 1. The summed E-state index contributed by atoms with van der Waals surface area (Å²) >= 11 is 0. The minimum atomic E-state index is -4.47. The van der Waals surface area contributed by atoms with Gasteiger partial charge < -0.3 is 15.0 Å². The van der Waals surface area contributed by atoms with Crippen LogP contribution in [-0.2, 0) is 10.0 Å². The molecule has 0 unspecified atom stereocenters. The number of nitro groups is 1. The van der Waals surface area contributed by atoms with E-state index in [1.807, 2.05) is 4.72 Å². The Hall–Kier alpha value is -4.96. The molecule has 0 aliphatic heterocycles. The Balaban J connectivity index is 1.31. The van der Waals surface area contributed by atoms with Crippen molar-refractivity contribution < 1.29 is 22.9 Å². The maximum atomic E-state index is 13.1. The number of hydrogen-bond donors (Lipinski definition) is 3. The lowest BCUT2D eigenvalue weighted by molar-refractivity contribution is -0.384. The zero-order valence-corrected chi connectivity index (χ0v) is 22.6. The summed E-state index contributed by atoms with van der Waals surface area (Å²) in [7, 11) is -4.47. The lowest BCUT2D eigenvalue weighted by Crippen LogP contribution is -2.31. The molecule has 0 saturated heterocycles. The van der Waals surface area contributed by atoms with Crippen molar-refractivity contribution in [3.05, 3.63) is 82.7 Å². The van der Waals surface area contributed by atoms with Crippen molar-refractivity contribution in [2.75, 3.05) is 11.9 Å². The molecule has 2 aromatic heterocycles. The fourth-order valence-electron chi connectivity index (χ4n) is 4.81. The van der Waals surface area contributed by atoms with Crippen LogP contribution in [0, 0.1) is 33.3 Å². The molecule has 13 heteroatoms. The number of carbonyl (C=O) groups excluding carboxylic acids is 1. The maximum Gasteiger partial charge on any atom is 0.293 e. The number of anilines is 1. The number of aromatic amines is 1. The van der Waals surface area contributed by atoms with Gasteiger partial charge in [-0.25, -0.2) is 18.1 Å². The Labute approximate surface area is 235 Å². The van der Waals surface area contributed by atoms with Gasteiger partial charge in [0.2, 0.25) is 0 Å². The highest BCUT2D eigenvalue weighted by atomic mass is 32.2. The van der Waals surface area contributed by atoms with Gasteiger partial charge in [0.25, 0.3) is 21.6 Å².